The zero-order valence-corrected chi connectivity index (χ0v) is 14.8. The molecule has 23 heavy (non-hydrogen) atoms. The Balaban J connectivity index is 2.23. The van der Waals surface area contributed by atoms with Crippen molar-refractivity contribution < 1.29 is 19.1 Å². The Hall–Kier alpha value is -1.75. The number of aryl methyl sites for hydroxylation is 1. The summed E-state index contributed by atoms with van der Waals surface area (Å²) in [7, 11) is 0. The quantitative estimate of drug-likeness (QED) is 0.297. The van der Waals surface area contributed by atoms with Gasteiger partial charge in [0.1, 0.15) is 13.2 Å². The molecule has 1 aromatic carbocycles. The Labute approximate surface area is 142 Å². The van der Waals surface area contributed by atoms with E-state index in [1.165, 1.54) is 4.90 Å². The number of hydrogen-bond donors (Lipinski definition) is 0. The summed E-state index contributed by atoms with van der Waals surface area (Å²) in [4.78, 5) is 24.0. The Morgan fingerprint density at radius 1 is 1.13 bits per heavy atom. The maximum atomic E-state index is 11.6. The van der Waals surface area contributed by atoms with E-state index in [0.29, 0.717) is 23.7 Å². The van der Waals surface area contributed by atoms with Crippen molar-refractivity contribution in [2.24, 2.45) is 0 Å². The summed E-state index contributed by atoms with van der Waals surface area (Å²) in [6.45, 7) is 9.47. The minimum absolute atomic E-state index is 0.0541. The van der Waals surface area contributed by atoms with Gasteiger partial charge in [0.2, 0.25) is 0 Å². The monoisotopic (exact) mass is 336 g/mol. The van der Waals surface area contributed by atoms with Crippen molar-refractivity contribution in [1.82, 2.24) is 0 Å². The fourth-order valence-corrected chi connectivity index (χ4v) is 2.58. The number of carbonyl (C=O) groups is 2. The second kappa shape index (κ2) is 10.1. The zero-order valence-electron chi connectivity index (χ0n) is 14.0. The molecule has 0 aliphatic carbocycles. The van der Waals surface area contributed by atoms with Crippen molar-refractivity contribution in [2.75, 3.05) is 13.2 Å². The van der Waals surface area contributed by atoms with E-state index in [1.54, 1.807) is 6.92 Å². The van der Waals surface area contributed by atoms with Crippen LogP contribution >= 0.6 is 11.8 Å². The first-order valence-electron chi connectivity index (χ1n) is 7.62. The van der Waals surface area contributed by atoms with Gasteiger partial charge in [-0.25, -0.2) is 4.79 Å². The first-order chi connectivity index (χ1) is 10.9. The van der Waals surface area contributed by atoms with Gasteiger partial charge in [-0.15, -0.1) is 11.8 Å². The second-order valence-corrected chi connectivity index (χ2v) is 7.10. The van der Waals surface area contributed by atoms with Crippen molar-refractivity contribution in [3.63, 3.8) is 0 Å². The normalized spacial score (nSPS) is 10.4. The number of esters is 2. The third kappa shape index (κ3) is 8.45. The highest BCUT2D eigenvalue weighted by molar-refractivity contribution is 7.99. The van der Waals surface area contributed by atoms with Crippen LogP contribution in [0.5, 0.6) is 0 Å². The van der Waals surface area contributed by atoms with Gasteiger partial charge in [-0.05, 0) is 31.0 Å². The Bertz CT molecular complexity index is 534. The van der Waals surface area contributed by atoms with Crippen LogP contribution in [0.4, 0.5) is 0 Å². The van der Waals surface area contributed by atoms with Gasteiger partial charge in [0.15, 0.2) is 0 Å². The van der Waals surface area contributed by atoms with E-state index in [2.05, 4.69) is 32.6 Å². The van der Waals surface area contributed by atoms with Gasteiger partial charge in [-0.3, -0.25) is 4.79 Å². The first kappa shape index (κ1) is 19.3. The molecule has 0 unspecified atom stereocenters. The van der Waals surface area contributed by atoms with Crippen molar-refractivity contribution in [3.8, 4) is 0 Å². The van der Waals surface area contributed by atoms with Crippen molar-refractivity contribution in [3.05, 3.63) is 42.0 Å². The molecule has 1 rings (SSSR count). The smallest absolute Gasteiger partial charge is 0.333 e. The summed E-state index contributed by atoms with van der Waals surface area (Å²) in [5.74, 6) is -0.766. The van der Waals surface area contributed by atoms with Crippen LogP contribution in [0.15, 0.2) is 41.3 Å². The predicted octanol–water partition coefficient (Wildman–Crippen LogP) is 3.78. The number of rotatable bonds is 9. The van der Waals surface area contributed by atoms with Gasteiger partial charge in [0.05, 0.1) is 0 Å². The van der Waals surface area contributed by atoms with Crippen LogP contribution in [0.2, 0.25) is 0 Å². The number of benzene rings is 1. The fraction of sp³-hybridized carbons (Fsp3) is 0.444. The van der Waals surface area contributed by atoms with Crippen LogP contribution < -0.4 is 0 Å². The first-order valence-corrected chi connectivity index (χ1v) is 8.50. The molecule has 126 valence electrons. The van der Waals surface area contributed by atoms with Crippen LogP contribution in [0.25, 0.3) is 0 Å². The third-order valence-corrected chi connectivity index (χ3v) is 3.86. The largest absolute Gasteiger partial charge is 0.462 e. The average Bonchev–Trinajstić information content (AvgIpc) is 2.50. The van der Waals surface area contributed by atoms with Crippen LogP contribution in [0.3, 0.4) is 0 Å². The molecule has 0 amide bonds. The molecule has 0 saturated heterocycles. The van der Waals surface area contributed by atoms with Crippen LogP contribution in [0.1, 0.15) is 32.8 Å². The summed E-state index contributed by atoms with van der Waals surface area (Å²) in [5, 5.41) is 0.551. The molecule has 5 heteroatoms. The molecule has 0 N–H and O–H groups in total. The lowest BCUT2D eigenvalue weighted by atomic mass is 10.1. The molecule has 0 bridgehead atoms. The maximum Gasteiger partial charge on any atom is 0.333 e. The molecule has 0 aliphatic heterocycles. The topological polar surface area (TPSA) is 52.6 Å². The van der Waals surface area contributed by atoms with Crippen LogP contribution in [-0.4, -0.2) is 30.4 Å². The van der Waals surface area contributed by atoms with E-state index in [1.807, 2.05) is 23.9 Å². The van der Waals surface area contributed by atoms with Crippen LogP contribution in [-0.2, 0) is 25.5 Å². The number of hydrogen-bond acceptors (Lipinski definition) is 5. The molecule has 0 aromatic heterocycles. The summed E-state index contributed by atoms with van der Waals surface area (Å²) in [5.41, 5.74) is 1.43. The van der Waals surface area contributed by atoms with E-state index in [4.69, 9.17) is 9.47 Å². The van der Waals surface area contributed by atoms with Crippen molar-refractivity contribution in [2.45, 2.75) is 43.8 Å². The Morgan fingerprint density at radius 2 is 1.74 bits per heavy atom. The predicted molar refractivity (Wildman–Crippen MR) is 92.5 cm³/mol. The summed E-state index contributed by atoms with van der Waals surface area (Å²) in [6, 6.07) is 8.21. The summed E-state index contributed by atoms with van der Waals surface area (Å²) in [6.07, 6.45) is 0.947. The maximum absolute atomic E-state index is 11.6. The molecule has 4 nitrogen and oxygen atoms in total. The van der Waals surface area contributed by atoms with Gasteiger partial charge >= 0.3 is 11.9 Å². The van der Waals surface area contributed by atoms with E-state index >= 15 is 0 Å². The lowest BCUT2D eigenvalue weighted by Gasteiger charge is -2.07. The highest BCUT2D eigenvalue weighted by Gasteiger charge is 2.06. The molecule has 0 aliphatic rings. The van der Waals surface area contributed by atoms with Gasteiger partial charge in [-0.1, -0.05) is 32.6 Å². The fourth-order valence-electron chi connectivity index (χ4n) is 1.74. The van der Waals surface area contributed by atoms with E-state index < -0.39 is 5.97 Å². The minimum Gasteiger partial charge on any atom is -0.462 e. The highest BCUT2D eigenvalue weighted by atomic mass is 32.2. The molecular formula is C18H24O4S. The highest BCUT2D eigenvalue weighted by Crippen LogP contribution is 2.23. The van der Waals surface area contributed by atoms with Gasteiger partial charge in [-0.2, -0.15) is 0 Å². The molecule has 0 fully saturated rings. The van der Waals surface area contributed by atoms with E-state index in [-0.39, 0.29) is 19.2 Å². The lowest BCUT2D eigenvalue weighted by Crippen LogP contribution is -2.14. The molecule has 1 aromatic rings. The number of carbonyl (C=O) groups excluding carboxylic acids is 2. The summed E-state index contributed by atoms with van der Waals surface area (Å²) >= 11 is 1.81. The summed E-state index contributed by atoms with van der Waals surface area (Å²) < 4.78 is 9.86. The molecule has 0 spiro atoms. The molecule has 0 radical (unpaired) electrons. The lowest BCUT2D eigenvalue weighted by molar-refractivity contribution is -0.150. The van der Waals surface area contributed by atoms with Crippen molar-refractivity contribution in [1.29, 1.82) is 0 Å². The van der Waals surface area contributed by atoms with E-state index in [9.17, 15) is 9.59 Å². The van der Waals surface area contributed by atoms with Gasteiger partial charge in [0, 0.05) is 22.1 Å². The minimum atomic E-state index is -0.472. The van der Waals surface area contributed by atoms with Crippen molar-refractivity contribution >= 4 is 23.7 Å². The molecule has 0 saturated carbocycles. The number of ether oxygens (including phenoxy) is 2. The SMILES string of the molecule is C=C(C)C(=O)OCCOC(=O)CCc1ccc(SC(C)C)cc1. The third-order valence-electron chi connectivity index (χ3n) is 2.84. The van der Waals surface area contributed by atoms with Crippen LogP contribution in [0, 0.1) is 0 Å². The molecular weight excluding hydrogens is 312 g/mol. The molecule has 0 heterocycles. The Kier molecular flexibility index (Phi) is 8.48. The van der Waals surface area contributed by atoms with Gasteiger partial charge in [0.25, 0.3) is 0 Å². The zero-order chi connectivity index (χ0) is 17.2. The second-order valence-electron chi connectivity index (χ2n) is 5.45. The van der Waals surface area contributed by atoms with Gasteiger partial charge < -0.3 is 9.47 Å². The van der Waals surface area contributed by atoms with E-state index in [0.717, 1.165) is 5.56 Å². The number of thioether (sulfide) groups is 1. The standard InChI is InChI=1S/C18H24O4S/c1-13(2)18(20)22-12-11-21-17(19)10-7-15-5-8-16(9-6-15)23-14(3)4/h5-6,8-9,14H,1,7,10-12H2,2-4H3. The average molecular weight is 336 g/mol. The Morgan fingerprint density at radius 3 is 2.30 bits per heavy atom. The molecule has 0 atom stereocenters.